The summed E-state index contributed by atoms with van der Waals surface area (Å²) in [7, 11) is 4.28. The van der Waals surface area contributed by atoms with Crippen molar-refractivity contribution in [1.82, 2.24) is 19.8 Å². The highest BCUT2D eigenvalue weighted by Crippen LogP contribution is 2.34. The number of halogens is 1. The fourth-order valence-electron chi connectivity index (χ4n) is 2.47. The molecule has 0 N–H and O–H groups in total. The van der Waals surface area contributed by atoms with Gasteiger partial charge in [-0.25, -0.2) is 9.97 Å². The van der Waals surface area contributed by atoms with E-state index in [2.05, 4.69) is 28.9 Å². The van der Waals surface area contributed by atoms with E-state index < -0.39 is 0 Å². The maximum absolute atomic E-state index is 6.28. The second-order valence-corrected chi connectivity index (χ2v) is 6.39. The Morgan fingerprint density at radius 3 is 2.89 bits per heavy atom. The van der Waals surface area contributed by atoms with E-state index in [1.807, 2.05) is 11.8 Å². The summed E-state index contributed by atoms with van der Waals surface area (Å²) in [5.41, 5.74) is 2.27. The average molecular weight is 285 g/mol. The third-order valence-electron chi connectivity index (χ3n) is 3.69. The molecule has 2 aliphatic heterocycles. The van der Waals surface area contributed by atoms with E-state index >= 15 is 0 Å². The molecular formula is C12H17ClN4S. The summed E-state index contributed by atoms with van der Waals surface area (Å²) >= 11 is 8.14. The van der Waals surface area contributed by atoms with Gasteiger partial charge in [0.05, 0.1) is 11.7 Å². The predicted octanol–water partition coefficient (Wildman–Crippen LogP) is 1.80. The highest BCUT2D eigenvalue weighted by molar-refractivity contribution is 7.98. The molecule has 1 aromatic heterocycles. The van der Waals surface area contributed by atoms with E-state index in [1.165, 1.54) is 0 Å². The lowest BCUT2D eigenvalue weighted by Crippen LogP contribution is -2.45. The van der Waals surface area contributed by atoms with Crippen molar-refractivity contribution in [3.8, 4) is 0 Å². The molecule has 0 aliphatic carbocycles. The van der Waals surface area contributed by atoms with Crippen LogP contribution in [-0.4, -0.2) is 53.5 Å². The van der Waals surface area contributed by atoms with Crippen molar-refractivity contribution in [2.45, 2.75) is 17.5 Å². The molecule has 0 radical (unpaired) electrons. The molecule has 98 valence electrons. The van der Waals surface area contributed by atoms with Gasteiger partial charge in [0.1, 0.15) is 11.0 Å². The van der Waals surface area contributed by atoms with Crippen LogP contribution in [0.1, 0.15) is 23.1 Å². The highest BCUT2D eigenvalue weighted by atomic mass is 35.5. The minimum atomic E-state index is 0.261. The van der Waals surface area contributed by atoms with Crippen molar-refractivity contribution in [1.29, 1.82) is 0 Å². The highest BCUT2D eigenvalue weighted by Gasteiger charge is 2.28. The molecule has 3 rings (SSSR count). The predicted molar refractivity (Wildman–Crippen MR) is 74.9 cm³/mol. The van der Waals surface area contributed by atoms with Gasteiger partial charge in [0.2, 0.25) is 0 Å². The number of likely N-dealkylation sites (N-methyl/N-ethyl adjacent to an activating group) is 2. The first-order valence-electron chi connectivity index (χ1n) is 6.17. The van der Waals surface area contributed by atoms with E-state index in [1.54, 1.807) is 0 Å². The summed E-state index contributed by atoms with van der Waals surface area (Å²) in [5, 5.41) is 0.654. The Kier molecular flexibility index (Phi) is 3.49. The second-order valence-electron chi connectivity index (χ2n) is 5.05. The number of aromatic nitrogens is 2. The second kappa shape index (κ2) is 4.96. The van der Waals surface area contributed by atoms with E-state index in [9.17, 15) is 0 Å². The minimum Gasteiger partial charge on any atom is -0.303 e. The zero-order valence-electron chi connectivity index (χ0n) is 10.7. The Bertz CT molecular complexity index is 468. The largest absolute Gasteiger partial charge is 0.303 e. The minimum absolute atomic E-state index is 0.261. The topological polar surface area (TPSA) is 32.3 Å². The fourth-order valence-corrected chi connectivity index (χ4v) is 3.85. The van der Waals surface area contributed by atoms with E-state index in [0.717, 1.165) is 48.2 Å². The van der Waals surface area contributed by atoms with Gasteiger partial charge >= 0.3 is 0 Å². The van der Waals surface area contributed by atoms with Gasteiger partial charge in [0.25, 0.3) is 0 Å². The van der Waals surface area contributed by atoms with Crippen molar-refractivity contribution >= 4 is 23.4 Å². The van der Waals surface area contributed by atoms with Crippen LogP contribution in [0.5, 0.6) is 0 Å². The molecule has 0 amide bonds. The van der Waals surface area contributed by atoms with E-state index in [4.69, 9.17) is 16.6 Å². The monoisotopic (exact) mass is 284 g/mol. The first-order chi connectivity index (χ1) is 8.65. The molecular weight excluding hydrogens is 268 g/mol. The van der Waals surface area contributed by atoms with Crippen molar-refractivity contribution in [3.63, 3.8) is 0 Å². The number of nitrogens with zero attached hydrogens (tertiary/aromatic N) is 4. The van der Waals surface area contributed by atoms with Gasteiger partial charge in [-0.2, -0.15) is 11.8 Å². The Labute approximate surface area is 117 Å². The van der Waals surface area contributed by atoms with Gasteiger partial charge in [0.15, 0.2) is 0 Å². The smallest absolute Gasteiger partial charge is 0.148 e. The summed E-state index contributed by atoms with van der Waals surface area (Å²) in [6.45, 7) is 3.12. The molecule has 6 heteroatoms. The molecule has 1 fully saturated rings. The zero-order valence-corrected chi connectivity index (χ0v) is 12.3. The summed E-state index contributed by atoms with van der Waals surface area (Å²) < 4.78 is 0. The Morgan fingerprint density at radius 2 is 2.06 bits per heavy atom. The van der Waals surface area contributed by atoms with Crippen LogP contribution in [0.15, 0.2) is 0 Å². The summed E-state index contributed by atoms with van der Waals surface area (Å²) in [5.74, 6) is 2.81. The molecule has 3 heterocycles. The van der Waals surface area contributed by atoms with E-state index in [0.29, 0.717) is 5.15 Å². The molecule has 0 aromatic carbocycles. The van der Waals surface area contributed by atoms with Gasteiger partial charge in [0, 0.05) is 36.7 Å². The molecule has 0 spiro atoms. The fraction of sp³-hybridized carbons (Fsp3) is 0.667. The number of hydrogen-bond acceptors (Lipinski definition) is 5. The standard InChI is InChI=1S/C12H17ClN4S/c1-16-3-4-17(2)10(5-16)12-14-9-7-18-6-8(9)11(13)15-12/h10H,3-7H2,1-2H3. The van der Waals surface area contributed by atoms with E-state index in [-0.39, 0.29) is 6.04 Å². The number of rotatable bonds is 1. The first kappa shape index (κ1) is 12.7. The lowest BCUT2D eigenvalue weighted by atomic mass is 10.1. The Morgan fingerprint density at radius 1 is 1.22 bits per heavy atom. The number of hydrogen-bond donors (Lipinski definition) is 0. The van der Waals surface area contributed by atoms with Crippen molar-refractivity contribution in [2.24, 2.45) is 0 Å². The van der Waals surface area contributed by atoms with Crippen LogP contribution in [0.3, 0.4) is 0 Å². The molecule has 1 unspecified atom stereocenters. The van der Waals surface area contributed by atoms with Crippen LogP contribution in [0.2, 0.25) is 5.15 Å². The quantitative estimate of drug-likeness (QED) is 0.734. The van der Waals surface area contributed by atoms with Crippen LogP contribution in [-0.2, 0) is 11.5 Å². The molecule has 1 atom stereocenters. The molecule has 0 bridgehead atoms. The Hall–Kier alpha value is -0.360. The normalized spacial score (nSPS) is 25.4. The molecule has 4 nitrogen and oxygen atoms in total. The molecule has 1 aromatic rings. The Balaban J connectivity index is 1.94. The van der Waals surface area contributed by atoms with Gasteiger partial charge < -0.3 is 4.90 Å². The average Bonchev–Trinajstić information content (AvgIpc) is 2.81. The van der Waals surface area contributed by atoms with Crippen molar-refractivity contribution < 1.29 is 0 Å². The van der Waals surface area contributed by atoms with Crippen LogP contribution >= 0.6 is 23.4 Å². The number of fused-ring (bicyclic) bond motifs is 1. The molecule has 1 saturated heterocycles. The summed E-state index contributed by atoms with van der Waals surface area (Å²) in [4.78, 5) is 13.9. The zero-order chi connectivity index (χ0) is 12.7. The lowest BCUT2D eigenvalue weighted by Gasteiger charge is -2.36. The number of piperazine rings is 1. The molecule has 2 aliphatic rings. The number of thioether (sulfide) groups is 1. The lowest BCUT2D eigenvalue weighted by molar-refractivity contribution is 0.109. The maximum atomic E-state index is 6.28. The van der Waals surface area contributed by atoms with Crippen LogP contribution in [0, 0.1) is 0 Å². The molecule has 18 heavy (non-hydrogen) atoms. The van der Waals surface area contributed by atoms with Crippen molar-refractivity contribution in [3.05, 3.63) is 22.2 Å². The maximum Gasteiger partial charge on any atom is 0.148 e. The third kappa shape index (κ3) is 2.25. The summed E-state index contributed by atoms with van der Waals surface area (Å²) in [6, 6.07) is 0.261. The van der Waals surface area contributed by atoms with Crippen molar-refractivity contribution in [2.75, 3.05) is 33.7 Å². The van der Waals surface area contributed by atoms with Gasteiger partial charge in [-0.15, -0.1) is 0 Å². The third-order valence-corrected chi connectivity index (χ3v) is 4.98. The van der Waals surface area contributed by atoms with Crippen LogP contribution < -0.4 is 0 Å². The SMILES string of the molecule is CN1CCN(C)C(c2nc(Cl)c3c(n2)CSC3)C1. The summed E-state index contributed by atoms with van der Waals surface area (Å²) in [6.07, 6.45) is 0. The van der Waals surface area contributed by atoms with Crippen LogP contribution in [0.4, 0.5) is 0 Å². The molecule has 0 saturated carbocycles. The van der Waals surface area contributed by atoms with Gasteiger partial charge in [-0.1, -0.05) is 11.6 Å². The van der Waals surface area contributed by atoms with Gasteiger partial charge in [-0.3, -0.25) is 4.90 Å². The first-order valence-corrected chi connectivity index (χ1v) is 7.70. The van der Waals surface area contributed by atoms with Gasteiger partial charge in [-0.05, 0) is 14.1 Å². The van der Waals surface area contributed by atoms with Crippen LogP contribution in [0.25, 0.3) is 0 Å².